The van der Waals surface area contributed by atoms with Crippen molar-refractivity contribution in [3.05, 3.63) is 83.7 Å². The highest BCUT2D eigenvalue weighted by molar-refractivity contribution is 6.07. The van der Waals surface area contributed by atoms with Crippen LogP contribution in [0.25, 0.3) is 0 Å². The first-order chi connectivity index (χ1) is 18.8. The van der Waals surface area contributed by atoms with Crippen molar-refractivity contribution in [1.29, 1.82) is 0 Å². The van der Waals surface area contributed by atoms with Crippen LogP contribution in [0.3, 0.4) is 0 Å². The number of likely N-dealkylation sites (N-methyl/N-ethyl adjacent to an activating group) is 1. The van der Waals surface area contributed by atoms with Crippen molar-refractivity contribution in [1.82, 2.24) is 14.8 Å². The van der Waals surface area contributed by atoms with E-state index in [1.165, 1.54) is 0 Å². The Morgan fingerprint density at radius 2 is 1.92 bits per heavy atom. The summed E-state index contributed by atoms with van der Waals surface area (Å²) in [6.07, 6.45) is 2.80. The summed E-state index contributed by atoms with van der Waals surface area (Å²) < 4.78 is 11.9. The van der Waals surface area contributed by atoms with Gasteiger partial charge in [0, 0.05) is 43.5 Å². The molecule has 2 aromatic carbocycles. The highest BCUT2D eigenvalue weighted by Gasteiger charge is 2.34. The number of methoxy groups -OCH3 is 1. The van der Waals surface area contributed by atoms with Gasteiger partial charge in [0.15, 0.2) is 5.75 Å². The zero-order valence-corrected chi connectivity index (χ0v) is 22.8. The number of aromatic nitrogens is 1. The lowest BCUT2D eigenvalue weighted by molar-refractivity contribution is 0.0343. The number of benzene rings is 2. The van der Waals surface area contributed by atoms with Crippen LogP contribution in [-0.4, -0.2) is 77.7 Å². The smallest absolute Gasteiger partial charge is 0.258 e. The van der Waals surface area contributed by atoms with E-state index in [1.54, 1.807) is 54.7 Å². The number of nitrogens with one attached hydrogen (secondary N) is 1. The van der Waals surface area contributed by atoms with Gasteiger partial charge in [0.2, 0.25) is 0 Å². The van der Waals surface area contributed by atoms with Crippen molar-refractivity contribution in [2.75, 3.05) is 39.2 Å². The van der Waals surface area contributed by atoms with Crippen LogP contribution >= 0.6 is 0 Å². The Morgan fingerprint density at radius 3 is 2.59 bits per heavy atom. The summed E-state index contributed by atoms with van der Waals surface area (Å²) in [7, 11) is 3.67. The number of anilines is 1. The van der Waals surface area contributed by atoms with Gasteiger partial charge in [-0.25, -0.2) is 0 Å². The Bertz CT molecular complexity index is 1270. The second-order valence-corrected chi connectivity index (χ2v) is 10.0. The van der Waals surface area contributed by atoms with Crippen molar-refractivity contribution >= 4 is 17.5 Å². The van der Waals surface area contributed by atoms with Crippen LogP contribution < -0.4 is 14.8 Å². The third-order valence-corrected chi connectivity index (χ3v) is 6.99. The van der Waals surface area contributed by atoms with Crippen LogP contribution in [0.15, 0.2) is 67.0 Å². The average molecular weight is 533 g/mol. The first-order valence-electron chi connectivity index (χ1n) is 13.0. The van der Waals surface area contributed by atoms with Gasteiger partial charge in [0.1, 0.15) is 11.9 Å². The van der Waals surface area contributed by atoms with Gasteiger partial charge in [-0.3, -0.25) is 19.5 Å². The maximum absolute atomic E-state index is 13.7. The van der Waals surface area contributed by atoms with E-state index in [1.807, 2.05) is 45.2 Å². The van der Waals surface area contributed by atoms with Crippen LogP contribution in [0.5, 0.6) is 11.5 Å². The second-order valence-electron chi connectivity index (χ2n) is 10.0. The highest BCUT2D eigenvalue weighted by atomic mass is 16.5. The van der Waals surface area contributed by atoms with E-state index < -0.39 is 0 Å². The molecule has 0 bridgehead atoms. The van der Waals surface area contributed by atoms with Crippen molar-refractivity contribution in [2.24, 2.45) is 5.92 Å². The molecule has 0 saturated heterocycles. The number of para-hydroxylation sites is 1. The minimum Gasteiger partial charge on any atom is -0.497 e. The topological polar surface area (TPSA) is 104 Å². The SMILES string of the molecule is COc1ccc(CN(C)C[C@H]2Oc3c(NC(=O)c4ccncc4)cccc3C(=O)N([C@@H](C)CO)C[C@@H]2C)cc1. The molecule has 9 nitrogen and oxygen atoms in total. The quantitative estimate of drug-likeness (QED) is 0.433. The number of amides is 2. The molecule has 1 aliphatic rings. The Kier molecular flexibility index (Phi) is 9.16. The molecule has 9 heteroatoms. The number of rotatable bonds is 9. The lowest BCUT2D eigenvalue weighted by Gasteiger charge is -2.38. The van der Waals surface area contributed by atoms with Crippen LogP contribution in [0.2, 0.25) is 0 Å². The minimum absolute atomic E-state index is 0.0571. The van der Waals surface area contributed by atoms with E-state index in [9.17, 15) is 14.7 Å². The summed E-state index contributed by atoms with van der Waals surface area (Å²) in [5.74, 6) is 0.501. The molecule has 3 atom stereocenters. The number of carbonyl (C=O) groups excluding carboxylic acids is 2. The number of nitrogens with zero attached hydrogens (tertiary/aromatic N) is 3. The van der Waals surface area contributed by atoms with Gasteiger partial charge in [0.05, 0.1) is 31.0 Å². The number of aliphatic hydroxyl groups excluding tert-OH is 1. The van der Waals surface area contributed by atoms with Gasteiger partial charge in [-0.2, -0.15) is 0 Å². The number of hydrogen-bond donors (Lipinski definition) is 2. The van der Waals surface area contributed by atoms with Crippen molar-refractivity contribution < 1.29 is 24.2 Å². The molecule has 206 valence electrons. The highest BCUT2D eigenvalue weighted by Crippen LogP contribution is 2.35. The molecule has 0 radical (unpaired) electrons. The van der Waals surface area contributed by atoms with E-state index in [-0.39, 0.29) is 36.5 Å². The summed E-state index contributed by atoms with van der Waals surface area (Å²) in [5.41, 5.74) is 2.33. The normalized spacial score (nSPS) is 18.0. The Labute approximate surface area is 229 Å². The molecule has 39 heavy (non-hydrogen) atoms. The molecule has 1 aromatic heterocycles. The fourth-order valence-electron chi connectivity index (χ4n) is 4.67. The molecule has 0 unspecified atom stereocenters. The van der Waals surface area contributed by atoms with Crippen molar-refractivity contribution in [3.8, 4) is 11.5 Å². The van der Waals surface area contributed by atoms with Gasteiger partial charge in [0.25, 0.3) is 11.8 Å². The maximum atomic E-state index is 13.7. The van der Waals surface area contributed by atoms with Gasteiger partial charge in [-0.05, 0) is 55.9 Å². The molecular weight excluding hydrogens is 496 g/mol. The summed E-state index contributed by atoms with van der Waals surface area (Å²) >= 11 is 0. The number of fused-ring (bicyclic) bond motifs is 1. The van der Waals surface area contributed by atoms with E-state index in [0.717, 1.165) is 11.3 Å². The van der Waals surface area contributed by atoms with Crippen molar-refractivity contribution in [2.45, 2.75) is 32.5 Å². The fraction of sp³-hybridized carbons (Fsp3) is 0.367. The molecule has 2 heterocycles. The van der Waals surface area contributed by atoms with E-state index in [4.69, 9.17) is 9.47 Å². The fourth-order valence-corrected chi connectivity index (χ4v) is 4.67. The predicted octanol–water partition coefficient (Wildman–Crippen LogP) is 3.69. The van der Waals surface area contributed by atoms with Crippen LogP contribution in [0.1, 0.15) is 40.1 Å². The van der Waals surface area contributed by atoms with Crippen LogP contribution in [0.4, 0.5) is 5.69 Å². The summed E-state index contributed by atoms with van der Waals surface area (Å²) in [6.45, 7) is 5.41. The Hall–Kier alpha value is -3.95. The maximum Gasteiger partial charge on any atom is 0.258 e. The van der Waals surface area contributed by atoms with Crippen molar-refractivity contribution in [3.63, 3.8) is 0 Å². The first kappa shape index (κ1) is 28.1. The Balaban J connectivity index is 1.64. The minimum atomic E-state index is -0.376. The van der Waals surface area contributed by atoms with Crippen LogP contribution in [0, 0.1) is 5.92 Å². The zero-order valence-electron chi connectivity index (χ0n) is 22.8. The molecule has 0 fully saturated rings. The first-order valence-corrected chi connectivity index (χ1v) is 13.0. The third kappa shape index (κ3) is 6.74. The summed E-state index contributed by atoms with van der Waals surface area (Å²) in [6, 6.07) is 16.0. The molecule has 4 rings (SSSR count). The lowest BCUT2D eigenvalue weighted by Crippen LogP contribution is -2.49. The largest absolute Gasteiger partial charge is 0.497 e. The van der Waals surface area contributed by atoms with E-state index in [0.29, 0.717) is 42.2 Å². The van der Waals surface area contributed by atoms with Gasteiger partial charge < -0.3 is 24.8 Å². The van der Waals surface area contributed by atoms with Gasteiger partial charge >= 0.3 is 0 Å². The summed E-state index contributed by atoms with van der Waals surface area (Å²) in [4.78, 5) is 34.5. The zero-order chi connectivity index (χ0) is 27.9. The predicted molar refractivity (Wildman–Crippen MR) is 149 cm³/mol. The third-order valence-electron chi connectivity index (χ3n) is 6.99. The van der Waals surface area contributed by atoms with Gasteiger partial charge in [-0.15, -0.1) is 0 Å². The van der Waals surface area contributed by atoms with Gasteiger partial charge in [-0.1, -0.05) is 25.1 Å². The van der Waals surface area contributed by atoms with E-state index in [2.05, 4.69) is 15.2 Å². The average Bonchev–Trinajstić information content (AvgIpc) is 2.95. The standard InChI is InChI=1S/C30H36N4O5/c1-20-16-34(21(2)19-35)30(37)25-6-5-7-26(32-29(36)23-12-14-31-15-13-23)28(25)39-27(20)18-33(3)17-22-8-10-24(38-4)11-9-22/h5-15,20-21,27,35H,16-19H2,1-4H3,(H,32,36)/t20-,21-,27+/m0/s1. The molecule has 1 aliphatic heterocycles. The number of aliphatic hydroxyl groups is 1. The van der Waals surface area contributed by atoms with Crippen LogP contribution in [-0.2, 0) is 6.54 Å². The molecule has 0 aliphatic carbocycles. The monoisotopic (exact) mass is 532 g/mol. The molecule has 0 saturated carbocycles. The number of ether oxygens (including phenoxy) is 2. The van der Waals surface area contributed by atoms with E-state index >= 15 is 0 Å². The number of hydrogen-bond acceptors (Lipinski definition) is 7. The molecular formula is C30H36N4O5. The number of pyridine rings is 1. The molecule has 2 N–H and O–H groups in total. The molecule has 2 amide bonds. The lowest BCUT2D eigenvalue weighted by atomic mass is 9.98. The molecule has 3 aromatic rings. The summed E-state index contributed by atoms with van der Waals surface area (Å²) in [5, 5.41) is 12.8. The molecule has 0 spiro atoms. The second kappa shape index (κ2) is 12.7. The number of carbonyl (C=O) groups is 2. The Morgan fingerprint density at radius 1 is 1.21 bits per heavy atom.